The standard InChI is InChI=1S/C21H36O9/c1-19(2,3)16(24)27-10-11(22)12-13(29-17(25)20(4,5)6)14(15(23)28-12)30-18(26)21(7,8)9/h11-15,22-23H,10H2,1-9H3/t11-,12-,13-,14+,15+/m0/s1. The summed E-state index contributed by atoms with van der Waals surface area (Å²) in [6.45, 7) is 14.3. The predicted octanol–water partition coefficient (Wildman–Crippen LogP) is 1.57. The molecule has 2 N–H and O–H groups in total. The summed E-state index contributed by atoms with van der Waals surface area (Å²) in [5.74, 6) is -1.81. The van der Waals surface area contributed by atoms with E-state index in [1.54, 1.807) is 62.3 Å². The van der Waals surface area contributed by atoms with Gasteiger partial charge in [0.1, 0.15) is 18.8 Å². The van der Waals surface area contributed by atoms with E-state index in [2.05, 4.69) is 0 Å². The summed E-state index contributed by atoms with van der Waals surface area (Å²) in [7, 11) is 0. The van der Waals surface area contributed by atoms with Gasteiger partial charge in [-0.15, -0.1) is 0 Å². The lowest BCUT2D eigenvalue weighted by molar-refractivity contribution is -0.186. The fourth-order valence-electron chi connectivity index (χ4n) is 2.31. The highest BCUT2D eigenvalue weighted by Gasteiger charge is 2.53. The molecular weight excluding hydrogens is 396 g/mol. The summed E-state index contributed by atoms with van der Waals surface area (Å²) in [4.78, 5) is 36.8. The molecule has 0 aromatic rings. The third kappa shape index (κ3) is 6.92. The van der Waals surface area contributed by atoms with Gasteiger partial charge in [0.25, 0.3) is 0 Å². The van der Waals surface area contributed by atoms with Crippen LogP contribution in [0.2, 0.25) is 0 Å². The summed E-state index contributed by atoms with van der Waals surface area (Å²) in [5.41, 5.74) is -2.55. The van der Waals surface area contributed by atoms with Crippen LogP contribution in [0.5, 0.6) is 0 Å². The largest absolute Gasteiger partial charge is 0.462 e. The van der Waals surface area contributed by atoms with Crippen molar-refractivity contribution in [1.29, 1.82) is 0 Å². The Labute approximate surface area is 178 Å². The Bertz CT molecular complexity index is 636. The number of rotatable bonds is 5. The van der Waals surface area contributed by atoms with Crippen LogP contribution in [0.25, 0.3) is 0 Å². The summed E-state index contributed by atoms with van der Waals surface area (Å²) in [6.07, 6.45) is -6.96. The lowest BCUT2D eigenvalue weighted by Gasteiger charge is -2.30. The average Bonchev–Trinajstić information content (AvgIpc) is 2.86. The first-order valence-corrected chi connectivity index (χ1v) is 9.96. The van der Waals surface area contributed by atoms with Crippen LogP contribution in [0.15, 0.2) is 0 Å². The molecule has 1 saturated heterocycles. The van der Waals surface area contributed by atoms with Gasteiger partial charge >= 0.3 is 17.9 Å². The van der Waals surface area contributed by atoms with E-state index in [-0.39, 0.29) is 0 Å². The molecule has 30 heavy (non-hydrogen) atoms. The van der Waals surface area contributed by atoms with Crippen LogP contribution in [0.1, 0.15) is 62.3 Å². The number of aliphatic hydroxyl groups excluding tert-OH is 2. The Morgan fingerprint density at radius 2 is 1.20 bits per heavy atom. The van der Waals surface area contributed by atoms with E-state index < -0.39 is 71.5 Å². The number of aliphatic hydroxyl groups is 2. The van der Waals surface area contributed by atoms with E-state index in [1.807, 2.05) is 0 Å². The Kier molecular flexibility index (Phi) is 8.07. The van der Waals surface area contributed by atoms with Crippen molar-refractivity contribution in [2.75, 3.05) is 6.61 Å². The molecule has 0 unspecified atom stereocenters. The van der Waals surface area contributed by atoms with Crippen LogP contribution in [0, 0.1) is 16.2 Å². The van der Waals surface area contributed by atoms with Crippen LogP contribution < -0.4 is 0 Å². The summed E-state index contributed by atoms with van der Waals surface area (Å²) < 4.78 is 21.3. The van der Waals surface area contributed by atoms with Crippen molar-refractivity contribution in [3.8, 4) is 0 Å². The second-order valence-electron chi connectivity index (χ2n) is 10.6. The second-order valence-corrected chi connectivity index (χ2v) is 10.6. The number of hydrogen-bond donors (Lipinski definition) is 2. The molecule has 1 aliphatic heterocycles. The Balaban J connectivity index is 3.06. The van der Waals surface area contributed by atoms with Crippen molar-refractivity contribution in [3.05, 3.63) is 0 Å². The van der Waals surface area contributed by atoms with Crippen molar-refractivity contribution < 1.29 is 43.5 Å². The molecular formula is C21H36O9. The summed E-state index contributed by atoms with van der Waals surface area (Å²) in [6, 6.07) is 0. The fraction of sp³-hybridized carbons (Fsp3) is 0.857. The topological polar surface area (TPSA) is 129 Å². The fourth-order valence-corrected chi connectivity index (χ4v) is 2.31. The number of hydrogen-bond acceptors (Lipinski definition) is 9. The van der Waals surface area contributed by atoms with E-state index in [4.69, 9.17) is 18.9 Å². The maximum atomic E-state index is 12.5. The monoisotopic (exact) mass is 432 g/mol. The van der Waals surface area contributed by atoms with Gasteiger partial charge in [0.15, 0.2) is 18.5 Å². The quantitative estimate of drug-likeness (QED) is 0.491. The van der Waals surface area contributed by atoms with Gasteiger partial charge in [0, 0.05) is 0 Å². The number of carbonyl (C=O) groups excluding carboxylic acids is 3. The molecule has 1 heterocycles. The second kappa shape index (κ2) is 9.20. The van der Waals surface area contributed by atoms with Crippen molar-refractivity contribution in [3.63, 3.8) is 0 Å². The Hall–Kier alpha value is -1.71. The first-order chi connectivity index (χ1) is 13.4. The lowest BCUT2D eigenvalue weighted by atomic mass is 9.96. The van der Waals surface area contributed by atoms with Gasteiger partial charge in [-0.3, -0.25) is 14.4 Å². The summed E-state index contributed by atoms with van der Waals surface area (Å²) in [5, 5.41) is 20.8. The zero-order chi connectivity index (χ0) is 23.7. The smallest absolute Gasteiger partial charge is 0.311 e. The maximum absolute atomic E-state index is 12.5. The molecule has 174 valence electrons. The minimum absolute atomic E-state index is 0.447. The number of carbonyl (C=O) groups is 3. The van der Waals surface area contributed by atoms with Crippen LogP contribution in [-0.4, -0.2) is 65.4 Å². The highest BCUT2D eigenvalue weighted by atomic mass is 16.7. The molecule has 0 bridgehead atoms. The van der Waals surface area contributed by atoms with E-state index in [0.717, 1.165) is 0 Å². The van der Waals surface area contributed by atoms with E-state index in [1.165, 1.54) is 0 Å². The van der Waals surface area contributed by atoms with Crippen LogP contribution >= 0.6 is 0 Å². The zero-order valence-electron chi connectivity index (χ0n) is 19.3. The van der Waals surface area contributed by atoms with Gasteiger partial charge in [-0.1, -0.05) is 0 Å². The molecule has 1 aliphatic rings. The number of ether oxygens (including phenoxy) is 4. The van der Waals surface area contributed by atoms with E-state index in [0.29, 0.717) is 0 Å². The first kappa shape index (κ1) is 26.3. The van der Waals surface area contributed by atoms with Crippen molar-refractivity contribution in [2.45, 2.75) is 93.0 Å². The molecule has 1 rings (SSSR count). The first-order valence-electron chi connectivity index (χ1n) is 9.96. The Morgan fingerprint density at radius 1 is 0.800 bits per heavy atom. The van der Waals surface area contributed by atoms with E-state index >= 15 is 0 Å². The molecule has 0 amide bonds. The van der Waals surface area contributed by atoms with Gasteiger partial charge in [0.2, 0.25) is 0 Å². The molecule has 9 nitrogen and oxygen atoms in total. The highest BCUT2D eigenvalue weighted by Crippen LogP contribution is 2.32. The van der Waals surface area contributed by atoms with Crippen molar-refractivity contribution in [1.82, 2.24) is 0 Å². The lowest BCUT2D eigenvalue weighted by Crippen LogP contribution is -2.48. The molecule has 0 radical (unpaired) electrons. The molecule has 1 fully saturated rings. The zero-order valence-corrected chi connectivity index (χ0v) is 19.3. The third-order valence-corrected chi connectivity index (χ3v) is 4.31. The normalized spacial score (nSPS) is 26.1. The molecule has 0 spiro atoms. The van der Waals surface area contributed by atoms with Gasteiger partial charge in [-0.05, 0) is 62.3 Å². The molecule has 0 aromatic heterocycles. The average molecular weight is 433 g/mol. The van der Waals surface area contributed by atoms with Gasteiger partial charge in [-0.25, -0.2) is 0 Å². The maximum Gasteiger partial charge on any atom is 0.311 e. The minimum atomic E-state index is -1.63. The van der Waals surface area contributed by atoms with Crippen molar-refractivity contribution in [2.24, 2.45) is 16.2 Å². The van der Waals surface area contributed by atoms with Crippen LogP contribution in [-0.2, 0) is 33.3 Å². The van der Waals surface area contributed by atoms with Crippen molar-refractivity contribution >= 4 is 17.9 Å². The van der Waals surface area contributed by atoms with Crippen LogP contribution in [0.3, 0.4) is 0 Å². The number of esters is 3. The molecule has 0 saturated carbocycles. The highest BCUT2D eigenvalue weighted by molar-refractivity contribution is 5.77. The summed E-state index contributed by atoms with van der Waals surface area (Å²) >= 11 is 0. The SMILES string of the molecule is CC(C)(C)C(=O)OC[C@H](O)[C@@H]1O[C@@H](O)[C@H](OC(=O)C(C)(C)C)[C@H]1OC(=O)C(C)(C)C. The van der Waals surface area contributed by atoms with Crippen LogP contribution in [0.4, 0.5) is 0 Å². The predicted molar refractivity (Wildman–Crippen MR) is 106 cm³/mol. The molecule has 9 heteroatoms. The molecule has 0 aliphatic carbocycles. The minimum Gasteiger partial charge on any atom is -0.462 e. The molecule has 0 aromatic carbocycles. The van der Waals surface area contributed by atoms with Gasteiger partial charge in [0.05, 0.1) is 16.2 Å². The third-order valence-electron chi connectivity index (χ3n) is 4.31. The molecule has 5 atom stereocenters. The van der Waals surface area contributed by atoms with E-state index in [9.17, 15) is 24.6 Å². The van der Waals surface area contributed by atoms with Gasteiger partial charge in [-0.2, -0.15) is 0 Å². The van der Waals surface area contributed by atoms with Gasteiger partial charge < -0.3 is 29.2 Å². The Morgan fingerprint density at radius 3 is 1.60 bits per heavy atom.